The number of hydrogen-bond acceptors (Lipinski definition) is 2. The third-order valence-corrected chi connectivity index (χ3v) is 2.78. The van der Waals surface area contributed by atoms with Crippen LogP contribution in [-0.2, 0) is 4.79 Å². The van der Waals surface area contributed by atoms with E-state index in [0.717, 1.165) is 12.8 Å². The van der Waals surface area contributed by atoms with E-state index in [1.807, 2.05) is 0 Å². The molecule has 3 nitrogen and oxygen atoms in total. The van der Waals surface area contributed by atoms with Gasteiger partial charge in [0.2, 0.25) is 5.91 Å². The van der Waals surface area contributed by atoms with E-state index in [0.29, 0.717) is 18.9 Å². The lowest BCUT2D eigenvalue weighted by atomic mass is 9.99. The van der Waals surface area contributed by atoms with Crippen LogP contribution < -0.4 is 11.1 Å². The molecule has 0 aliphatic carbocycles. The zero-order valence-electron chi connectivity index (χ0n) is 10.5. The van der Waals surface area contributed by atoms with E-state index in [4.69, 9.17) is 12.2 Å². The van der Waals surface area contributed by atoms with E-state index in [-0.39, 0.29) is 5.91 Å². The Bertz CT molecular complexity index is 233. The Morgan fingerprint density at radius 2 is 2.19 bits per heavy atom. The van der Waals surface area contributed by atoms with Gasteiger partial charge in [-0.2, -0.15) is 0 Å². The molecule has 92 valence electrons. The number of terminal acetylenes is 1. The Balaban J connectivity index is 3.83. The molecule has 0 aliphatic heterocycles. The van der Waals surface area contributed by atoms with E-state index in [1.54, 1.807) is 0 Å². The molecule has 0 saturated heterocycles. The van der Waals surface area contributed by atoms with Gasteiger partial charge in [0.15, 0.2) is 0 Å². The molecule has 2 unspecified atom stereocenters. The largest absolute Gasteiger partial charge is 0.354 e. The van der Waals surface area contributed by atoms with E-state index < -0.39 is 6.04 Å². The smallest absolute Gasteiger partial charge is 0.237 e. The maximum absolute atomic E-state index is 11.5. The van der Waals surface area contributed by atoms with Crippen LogP contribution in [-0.4, -0.2) is 18.5 Å². The van der Waals surface area contributed by atoms with Gasteiger partial charge in [0.25, 0.3) is 0 Å². The SMILES string of the molecule is C#CCC(N)C(=O)NCC(CC)CCCC. The molecule has 3 N–H and O–H groups in total. The Labute approximate surface area is 99.2 Å². The fourth-order valence-corrected chi connectivity index (χ4v) is 1.54. The summed E-state index contributed by atoms with van der Waals surface area (Å²) in [4.78, 5) is 11.5. The van der Waals surface area contributed by atoms with Crippen LogP contribution in [0.5, 0.6) is 0 Å². The van der Waals surface area contributed by atoms with Gasteiger partial charge in [0.05, 0.1) is 6.04 Å². The van der Waals surface area contributed by atoms with Crippen molar-refractivity contribution >= 4 is 5.91 Å². The molecule has 3 heteroatoms. The van der Waals surface area contributed by atoms with Gasteiger partial charge in [-0.1, -0.05) is 33.1 Å². The zero-order chi connectivity index (χ0) is 12.4. The highest BCUT2D eigenvalue weighted by molar-refractivity contribution is 5.81. The van der Waals surface area contributed by atoms with Gasteiger partial charge in [-0.3, -0.25) is 4.79 Å². The standard InChI is InChI=1S/C13H24N2O/c1-4-7-9-11(6-3)10-15-13(16)12(14)8-5-2/h2,11-12H,4,6-10,14H2,1,3H3,(H,15,16). The molecule has 0 aromatic rings. The summed E-state index contributed by atoms with van der Waals surface area (Å²) < 4.78 is 0. The summed E-state index contributed by atoms with van der Waals surface area (Å²) in [5.41, 5.74) is 5.60. The maximum Gasteiger partial charge on any atom is 0.237 e. The van der Waals surface area contributed by atoms with Gasteiger partial charge in [-0.05, 0) is 12.3 Å². The fraction of sp³-hybridized carbons (Fsp3) is 0.769. The minimum atomic E-state index is -0.561. The molecule has 0 aromatic heterocycles. The lowest BCUT2D eigenvalue weighted by Gasteiger charge is -2.16. The second-order valence-corrected chi connectivity index (χ2v) is 4.18. The number of nitrogens with two attached hydrogens (primary N) is 1. The Kier molecular flexibility index (Phi) is 8.65. The molecular weight excluding hydrogens is 200 g/mol. The van der Waals surface area contributed by atoms with Gasteiger partial charge < -0.3 is 11.1 Å². The monoisotopic (exact) mass is 224 g/mol. The topological polar surface area (TPSA) is 55.1 Å². The van der Waals surface area contributed by atoms with E-state index in [9.17, 15) is 4.79 Å². The van der Waals surface area contributed by atoms with Crippen LogP contribution in [0.15, 0.2) is 0 Å². The van der Waals surface area contributed by atoms with Crippen molar-refractivity contribution in [1.82, 2.24) is 5.32 Å². The van der Waals surface area contributed by atoms with Crippen LogP contribution in [0.4, 0.5) is 0 Å². The summed E-state index contributed by atoms with van der Waals surface area (Å²) in [5, 5.41) is 2.87. The fourth-order valence-electron chi connectivity index (χ4n) is 1.54. The first-order valence-electron chi connectivity index (χ1n) is 6.12. The first-order valence-corrected chi connectivity index (χ1v) is 6.12. The summed E-state index contributed by atoms with van der Waals surface area (Å²) in [7, 11) is 0. The number of carbonyl (C=O) groups excluding carboxylic acids is 1. The lowest BCUT2D eigenvalue weighted by molar-refractivity contribution is -0.122. The first-order chi connectivity index (χ1) is 7.65. The lowest BCUT2D eigenvalue weighted by Crippen LogP contribution is -2.42. The number of carbonyl (C=O) groups is 1. The van der Waals surface area contributed by atoms with Gasteiger partial charge in [-0.15, -0.1) is 12.3 Å². The van der Waals surface area contributed by atoms with Crippen molar-refractivity contribution in [3.63, 3.8) is 0 Å². The number of nitrogens with one attached hydrogen (secondary N) is 1. The van der Waals surface area contributed by atoms with Crippen molar-refractivity contribution in [3.8, 4) is 12.3 Å². The normalized spacial score (nSPS) is 13.9. The maximum atomic E-state index is 11.5. The summed E-state index contributed by atoms with van der Waals surface area (Å²) >= 11 is 0. The van der Waals surface area contributed by atoms with Crippen LogP contribution in [0.25, 0.3) is 0 Å². The molecule has 0 saturated carbocycles. The quantitative estimate of drug-likeness (QED) is 0.616. The summed E-state index contributed by atoms with van der Waals surface area (Å²) in [6.45, 7) is 5.04. The van der Waals surface area contributed by atoms with E-state index >= 15 is 0 Å². The van der Waals surface area contributed by atoms with E-state index in [1.165, 1.54) is 12.8 Å². The number of rotatable bonds is 8. The van der Waals surface area contributed by atoms with Crippen molar-refractivity contribution in [2.45, 2.75) is 52.0 Å². The molecule has 0 bridgehead atoms. The van der Waals surface area contributed by atoms with Crippen LogP contribution in [0.1, 0.15) is 46.0 Å². The first kappa shape index (κ1) is 15.0. The van der Waals surface area contributed by atoms with Gasteiger partial charge in [0, 0.05) is 13.0 Å². The molecule has 0 heterocycles. The van der Waals surface area contributed by atoms with Crippen molar-refractivity contribution in [3.05, 3.63) is 0 Å². The van der Waals surface area contributed by atoms with Crippen LogP contribution in [0, 0.1) is 18.3 Å². The average molecular weight is 224 g/mol. The molecule has 0 fully saturated rings. The molecule has 0 spiro atoms. The van der Waals surface area contributed by atoms with Crippen molar-refractivity contribution in [2.24, 2.45) is 11.7 Å². The highest BCUT2D eigenvalue weighted by Crippen LogP contribution is 2.11. The van der Waals surface area contributed by atoms with Gasteiger partial charge in [-0.25, -0.2) is 0 Å². The molecule has 16 heavy (non-hydrogen) atoms. The van der Waals surface area contributed by atoms with Crippen LogP contribution in [0.2, 0.25) is 0 Å². The Morgan fingerprint density at radius 1 is 1.50 bits per heavy atom. The van der Waals surface area contributed by atoms with E-state index in [2.05, 4.69) is 25.1 Å². The second kappa shape index (κ2) is 9.23. The average Bonchev–Trinajstić information content (AvgIpc) is 2.29. The Morgan fingerprint density at radius 3 is 2.69 bits per heavy atom. The minimum absolute atomic E-state index is 0.132. The second-order valence-electron chi connectivity index (χ2n) is 4.18. The molecule has 1 amide bonds. The highest BCUT2D eigenvalue weighted by Gasteiger charge is 2.13. The number of amides is 1. The molecule has 0 rings (SSSR count). The molecular formula is C13H24N2O. The number of unbranched alkanes of at least 4 members (excludes halogenated alkanes) is 1. The van der Waals surface area contributed by atoms with Crippen molar-refractivity contribution in [2.75, 3.05) is 6.54 Å². The molecule has 0 aromatic carbocycles. The number of hydrogen-bond donors (Lipinski definition) is 2. The third-order valence-electron chi connectivity index (χ3n) is 2.78. The Hall–Kier alpha value is -1.01. The highest BCUT2D eigenvalue weighted by atomic mass is 16.2. The van der Waals surface area contributed by atoms with Crippen LogP contribution >= 0.6 is 0 Å². The molecule has 0 aliphatic rings. The molecule has 2 atom stereocenters. The summed E-state index contributed by atoms with van der Waals surface area (Å²) in [6.07, 6.45) is 10.1. The predicted octanol–water partition coefficient (Wildman–Crippen LogP) is 1.67. The van der Waals surface area contributed by atoms with Crippen LogP contribution in [0.3, 0.4) is 0 Å². The third kappa shape index (κ3) is 6.47. The minimum Gasteiger partial charge on any atom is -0.354 e. The molecule has 0 radical (unpaired) electrons. The summed E-state index contributed by atoms with van der Waals surface area (Å²) in [5.74, 6) is 2.82. The van der Waals surface area contributed by atoms with Gasteiger partial charge in [0.1, 0.15) is 0 Å². The zero-order valence-corrected chi connectivity index (χ0v) is 10.5. The van der Waals surface area contributed by atoms with Crippen molar-refractivity contribution < 1.29 is 4.79 Å². The summed E-state index contributed by atoms with van der Waals surface area (Å²) in [6, 6.07) is -0.561. The predicted molar refractivity (Wildman–Crippen MR) is 67.7 cm³/mol. The van der Waals surface area contributed by atoms with Crippen molar-refractivity contribution in [1.29, 1.82) is 0 Å². The van der Waals surface area contributed by atoms with Gasteiger partial charge >= 0.3 is 0 Å².